The highest BCUT2D eigenvalue weighted by molar-refractivity contribution is 5.50. The molecule has 2 aromatic rings. The molecule has 7 nitrogen and oxygen atoms in total. The molecule has 0 radical (unpaired) electrons. The minimum atomic E-state index is -0.581. The minimum Gasteiger partial charge on any atom is -0.465 e. The quantitative estimate of drug-likeness (QED) is 0.593. The van der Waals surface area contributed by atoms with Gasteiger partial charge in [0.25, 0.3) is 0 Å². The molecule has 7 heteroatoms. The molecule has 3 N–H and O–H groups in total. The third-order valence-electron chi connectivity index (χ3n) is 5.34. The molecule has 3 atom stereocenters. The molecular formula is C24H29NO6. The maximum absolute atomic E-state index is 10.0. The SMILES string of the molecule is OCC1CCC(O)C[C@H](Oc2cccc(N/C=C/CCc3ccc4c(c3)OCO4)c2)O1. The Balaban J connectivity index is 1.26. The van der Waals surface area contributed by atoms with Crippen molar-refractivity contribution in [3.8, 4) is 17.2 Å². The second-order valence-electron chi connectivity index (χ2n) is 7.76. The zero-order chi connectivity index (χ0) is 21.5. The molecule has 31 heavy (non-hydrogen) atoms. The smallest absolute Gasteiger partial charge is 0.231 e. The number of fused-ring (bicyclic) bond motifs is 1. The van der Waals surface area contributed by atoms with E-state index in [2.05, 4.69) is 17.5 Å². The Kier molecular flexibility index (Phi) is 7.30. The van der Waals surface area contributed by atoms with E-state index in [9.17, 15) is 10.2 Å². The van der Waals surface area contributed by atoms with Crippen LogP contribution in [0.2, 0.25) is 0 Å². The van der Waals surface area contributed by atoms with Crippen LogP contribution in [0.5, 0.6) is 17.2 Å². The van der Waals surface area contributed by atoms with Gasteiger partial charge < -0.3 is 34.5 Å². The molecule has 0 bridgehead atoms. The fourth-order valence-corrected chi connectivity index (χ4v) is 3.66. The summed E-state index contributed by atoms with van der Waals surface area (Å²) in [5, 5.41) is 22.7. The average Bonchev–Trinajstić information content (AvgIpc) is 3.16. The maximum atomic E-state index is 10.0. The topological polar surface area (TPSA) is 89.4 Å². The van der Waals surface area contributed by atoms with Crippen molar-refractivity contribution in [3.63, 3.8) is 0 Å². The molecule has 2 aromatic carbocycles. The highest BCUT2D eigenvalue weighted by Crippen LogP contribution is 2.32. The normalized spacial score (nSPS) is 23.0. The standard InChI is InChI=1S/C24H29NO6/c26-15-21-9-8-19(27)14-24(31-21)30-20-6-3-5-18(13-20)25-11-2-1-4-17-7-10-22-23(12-17)29-16-28-22/h2-3,5-7,10-13,19,21,24-27H,1,4,8-9,14-16H2/b11-2+/t19?,21?,24-/m1/s1. The second kappa shape index (κ2) is 10.5. The van der Waals surface area contributed by atoms with E-state index in [1.807, 2.05) is 42.6 Å². The highest BCUT2D eigenvalue weighted by Gasteiger charge is 2.26. The summed E-state index contributed by atoms with van der Waals surface area (Å²) in [7, 11) is 0. The number of benzene rings is 2. The predicted molar refractivity (Wildman–Crippen MR) is 116 cm³/mol. The van der Waals surface area contributed by atoms with E-state index in [0.29, 0.717) is 31.8 Å². The number of aryl methyl sites for hydroxylation is 1. The van der Waals surface area contributed by atoms with E-state index in [1.54, 1.807) is 0 Å². The van der Waals surface area contributed by atoms with Gasteiger partial charge in [-0.15, -0.1) is 0 Å². The van der Waals surface area contributed by atoms with Gasteiger partial charge in [-0.3, -0.25) is 0 Å². The first-order chi connectivity index (χ1) is 15.2. The van der Waals surface area contributed by atoms with Crippen molar-refractivity contribution in [2.75, 3.05) is 18.7 Å². The first-order valence-corrected chi connectivity index (χ1v) is 10.7. The molecule has 1 saturated heterocycles. The molecular weight excluding hydrogens is 398 g/mol. The van der Waals surface area contributed by atoms with Gasteiger partial charge in [0.05, 0.1) is 18.8 Å². The number of aliphatic hydroxyl groups is 2. The zero-order valence-electron chi connectivity index (χ0n) is 17.4. The molecule has 1 fully saturated rings. The van der Waals surface area contributed by atoms with Gasteiger partial charge in [-0.25, -0.2) is 0 Å². The van der Waals surface area contributed by atoms with Gasteiger partial charge in [0.2, 0.25) is 13.1 Å². The number of nitrogens with one attached hydrogen (secondary N) is 1. The van der Waals surface area contributed by atoms with Crippen molar-refractivity contribution in [1.29, 1.82) is 0 Å². The van der Waals surface area contributed by atoms with Crippen LogP contribution in [0.1, 0.15) is 31.2 Å². The lowest BCUT2D eigenvalue weighted by molar-refractivity contribution is -0.133. The average molecular weight is 427 g/mol. The van der Waals surface area contributed by atoms with Crippen LogP contribution >= 0.6 is 0 Å². The van der Waals surface area contributed by atoms with Gasteiger partial charge in [0.15, 0.2) is 11.5 Å². The van der Waals surface area contributed by atoms with Crippen LogP contribution in [0.4, 0.5) is 5.69 Å². The van der Waals surface area contributed by atoms with Crippen LogP contribution in [0.15, 0.2) is 54.7 Å². The molecule has 2 aliphatic rings. The Bertz CT molecular complexity index is 886. The van der Waals surface area contributed by atoms with Crippen LogP contribution < -0.4 is 19.5 Å². The molecule has 4 rings (SSSR count). The molecule has 2 unspecified atom stereocenters. The summed E-state index contributed by atoms with van der Waals surface area (Å²) in [5.41, 5.74) is 2.10. The van der Waals surface area contributed by atoms with E-state index >= 15 is 0 Å². The van der Waals surface area contributed by atoms with Gasteiger partial charge in [0, 0.05) is 18.2 Å². The third kappa shape index (κ3) is 6.13. The molecule has 166 valence electrons. The largest absolute Gasteiger partial charge is 0.465 e. The van der Waals surface area contributed by atoms with Crippen molar-refractivity contribution >= 4 is 5.69 Å². The third-order valence-corrected chi connectivity index (χ3v) is 5.34. The fraction of sp³-hybridized carbons (Fsp3) is 0.417. The lowest BCUT2D eigenvalue weighted by atomic mass is 10.1. The van der Waals surface area contributed by atoms with Crippen molar-refractivity contribution in [2.24, 2.45) is 0 Å². The summed E-state index contributed by atoms with van der Waals surface area (Å²) >= 11 is 0. The number of hydrogen-bond donors (Lipinski definition) is 3. The first kappa shape index (κ1) is 21.5. The van der Waals surface area contributed by atoms with Crippen molar-refractivity contribution in [1.82, 2.24) is 0 Å². The second-order valence-corrected chi connectivity index (χ2v) is 7.76. The molecule has 0 aromatic heterocycles. The molecule has 2 heterocycles. The zero-order valence-corrected chi connectivity index (χ0v) is 17.4. The van der Waals surface area contributed by atoms with Gasteiger partial charge >= 0.3 is 0 Å². The Morgan fingerprint density at radius 2 is 2.00 bits per heavy atom. The number of aliphatic hydroxyl groups excluding tert-OH is 2. The van der Waals surface area contributed by atoms with E-state index in [1.165, 1.54) is 5.56 Å². The molecule has 0 aliphatic carbocycles. The van der Waals surface area contributed by atoms with Crippen LogP contribution in [0.25, 0.3) is 0 Å². The molecule has 0 amide bonds. The highest BCUT2D eigenvalue weighted by atomic mass is 16.7. The first-order valence-electron chi connectivity index (χ1n) is 10.7. The summed E-state index contributed by atoms with van der Waals surface area (Å²) in [6.07, 6.45) is 6.02. The van der Waals surface area contributed by atoms with E-state index < -0.39 is 12.4 Å². The van der Waals surface area contributed by atoms with Crippen LogP contribution in [0.3, 0.4) is 0 Å². The summed E-state index contributed by atoms with van der Waals surface area (Å²) < 4.78 is 22.4. The summed E-state index contributed by atoms with van der Waals surface area (Å²) in [6, 6.07) is 13.6. The van der Waals surface area contributed by atoms with Crippen LogP contribution in [-0.4, -0.2) is 42.1 Å². The Hall–Kier alpha value is -2.74. The van der Waals surface area contributed by atoms with Gasteiger partial charge in [0.1, 0.15) is 5.75 Å². The Labute approximate surface area is 182 Å². The lowest BCUT2D eigenvalue weighted by Gasteiger charge is -2.22. The Morgan fingerprint density at radius 3 is 2.90 bits per heavy atom. The molecule has 0 spiro atoms. The van der Waals surface area contributed by atoms with E-state index in [-0.39, 0.29) is 12.7 Å². The van der Waals surface area contributed by atoms with E-state index in [4.69, 9.17) is 18.9 Å². The van der Waals surface area contributed by atoms with Crippen LogP contribution in [0, 0.1) is 0 Å². The Morgan fingerprint density at radius 1 is 1.10 bits per heavy atom. The summed E-state index contributed by atoms with van der Waals surface area (Å²) in [4.78, 5) is 0. The van der Waals surface area contributed by atoms with Crippen LogP contribution in [-0.2, 0) is 11.2 Å². The van der Waals surface area contributed by atoms with Crippen molar-refractivity contribution in [2.45, 2.75) is 50.6 Å². The number of allylic oxidation sites excluding steroid dienone is 1. The monoisotopic (exact) mass is 427 g/mol. The lowest BCUT2D eigenvalue weighted by Crippen LogP contribution is -2.28. The van der Waals surface area contributed by atoms with Gasteiger partial charge in [-0.05, 0) is 61.7 Å². The van der Waals surface area contributed by atoms with Crippen molar-refractivity contribution in [3.05, 3.63) is 60.3 Å². The number of rotatable bonds is 8. The summed E-state index contributed by atoms with van der Waals surface area (Å²) in [6.45, 7) is 0.214. The van der Waals surface area contributed by atoms with Gasteiger partial charge in [-0.2, -0.15) is 0 Å². The maximum Gasteiger partial charge on any atom is 0.231 e. The molecule has 2 aliphatic heterocycles. The number of hydrogen-bond acceptors (Lipinski definition) is 7. The minimum absolute atomic E-state index is 0.0781. The summed E-state index contributed by atoms with van der Waals surface area (Å²) in [5.74, 6) is 2.26. The van der Waals surface area contributed by atoms with E-state index in [0.717, 1.165) is 30.0 Å². The predicted octanol–water partition coefficient (Wildman–Crippen LogP) is 3.60. The number of anilines is 1. The number of ether oxygens (including phenoxy) is 4. The fourth-order valence-electron chi connectivity index (χ4n) is 3.66. The van der Waals surface area contributed by atoms with Gasteiger partial charge in [-0.1, -0.05) is 18.2 Å². The van der Waals surface area contributed by atoms with Crippen molar-refractivity contribution < 1.29 is 29.2 Å². The molecule has 0 saturated carbocycles.